The van der Waals surface area contributed by atoms with Gasteiger partial charge in [0.1, 0.15) is 0 Å². The maximum atomic E-state index is 12.9. The Morgan fingerprint density at radius 2 is 1.70 bits per heavy atom. The van der Waals surface area contributed by atoms with E-state index in [4.69, 9.17) is 11.6 Å². The molecule has 0 unspecified atom stereocenters. The van der Waals surface area contributed by atoms with Crippen LogP contribution < -0.4 is 5.32 Å². The van der Waals surface area contributed by atoms with Gasteiger partial charge >= 0.3 is 6.03 Å². The summed E-state index contributed by atoms with van der Waals surface area (Å²) in [6.45, 7) is 3.43. The van der Waals surface area contributed by atoms with Crippen LogP contribution in [0.3, 0.4) is 0 Å². The van der Waals surface area contributed by atoms with Crippen LogP contribution in [0.5, 0.6) is 0 Å². The minimum absolute atomic E-state index is 0.0189. The molecule has 1 saturated heterocycles. The number of urea groups is 1. The molecule has 1 N–H and O–H groups in total. The van der Waals surface area contributed by atoms with Crippen molar-refractivity contribution < 1.29 is 14.5 Å². The molecule has 1 fully saturated rings. The molecule has 3 amide bonds. The number of nitrogens with one attached hydrogen (secondary N) is 1. The molecule has 2 heterocycles. The van der Waals surface area contributed by atoms with Gasteiger partial charge in [0.25, 0.3) is 11.6 Å². The SMILES string of the molecule is Cc1ccc(NC(=O)N2CCN(C(=O)c3ccn(-c4ccc([N+](=O)[O-])cc4)n3)CC2)cc1Cl. The highest BCUT2D eigenvalue weighted by Gasteiger charge is 2.26. The molecule has 11 heteroatoms. The number of anilines is 1. The van der Waals surface area contributed by atoms with Gasteiger partial charge in [-0.15, -0.1) is 0 Å². The summed E-state index contributed by atoms with van der Waals surface area (Å²) in [5.74, 6) is -0.235. The van der Waals surface area contributed by atoms with Crippen LogP contribution in [-0.4, -0.2) is 62.6 Å². The molecule has 1 aromatic heterocycles. The number of nitro groups is 1. The van der Waals surface area contributed by atoms with Gasteiger partial charge in [-0.05, 0) is 42.8 Å². The zero-order valence-corrected chi connectivity index (χ0v) is 18.5. The fourth-order valence-corrected chi connectivity index (χ4v) is 3.64. The Hall–Kier alpha value is -3.92. The minimum Gasteiger partial charge on any atom is -0.334 e. The van der Waals surface area contributed by atoms with Crippen LogP contribution in [0.15, 0.2) is 54.7 Å². The molecule has 10 nitrogen and oxygen atoms in total. The predicted molar refractivity (Wildman–Crippen MR) is 123 cm³/mol. The minimum atomic E-state index is -0.475. The normalized spacial score (nSPS) is 13.6. The second-order valence-electron chi connectivity index (χ2n) is 7.59. The van der Waals surface area contributed by atoms with E-state index in [1.807, 2.05) is 13.0 Å². The predicted octanol–water partition coefficient (Wildman–Crippen LogP) is 3.73. The Bertz CT molecular complexity index is 1200. The number of nitrogens with zero attached hydrogens (tertiary/aromatic N) is 5. The number of amides is 3. The molecule has 2 aromatic carbocycles. The standard InChI is InChI=1S/C22H21ClN6O4/c1-15-2-3-16(14-19(15)23)24-22(31)27-12-10-26(11-13-27)21(30)20-8-9-28(25-20)17-4-6-18(7-5-17)29(32)33/h2-9,14H,10-13H2,1H3,(H,24,31). The first-order chi connectivity index (χ1) is 15.8. The van der Waals surface area contributed by atoms with Gasteiger partial charge in [0, 0.05) is 55.2 Å². The molecule has 33 heavy (non-hydrogen) atoms. The molecule has 0 spiro atoms. The summed E-state index contributed by atoms with van der Waals surface area (Å²) in [6.07, 6.45) is 1.63. The van der Waals surface area contributed by atoms with Crippen molar-refractivity contribution in [2.45, 2.75) is 6.92 Å². The van der Waals surface area contributed by atoms with Crippen molar-refractivity contribution in [3.05, 3.63) is 81.1 Å². The number of piperazine rings is 1. The van der Waals surface area contributed by atoms with E-state index in [1.54, 1.807) is 46.3 Å². The average Bonchev–Trinajstić information content (AvgIpc) is 3.31. The summed E-state index contributed by atoms with van der Waals surface area (Å²) in [5.41, 5.74) is 2.40. The third kappa shape index (κ3) is 4.96. The van der Waals surface area contributed by atoms with E-state index in [-0.39, 0.29) is 23.3 Å². The van der Waals surface area contributed by atoms with Gasteiger partial charge in [0.15, 0.2) is 5.69 Å². The van der Waals surface area contributed by atoms with Crippen molar-refractivity contribution in [3.63, 3.8) is 0 Å². The van der Waals surface area contributed by atoms with E-state index >= 15 is 0 Å². The first kappa shape index (κ1) is 22.3. The van der Waals surface area contributed by atoms with E-state index in [9.17, 15) is 19.7 Å². The molecular formula is C22H21ClN6O4. The number of rotatable bonds is 4. The lowest BCUT2D eigenvalue weighted by Gasteiger charge is -2.34. The third-order valence-corrected chi connectivity index (χ3v) is 5.82. The summed E-state index contributed by atoms with van der Waals surface area (Å²) in [6, 6.07) is 12.6. The number of carbonyl (C=O) groups is 2. The summed E-state index contributed by atoms with van der Waals surface area (Å²) < 4.78 is 1.49. The highest BCUT2D eigenvalue weighted by Crippen LogP contribution is 2.21. The highest BCUT2D eigenvalue weighted by molar-refractivity contribution is 6.31. The van der Waals surface area contributed by atoms with Crippen LogP contribution >= 0.6 is 11.6 Å². The van der Waals surface area contributed by atoms with Gasteiger partial charge in [-0.1, -0.05) is 17.7 Å². The van der Waals surface area contributed by atoms with E-state index < -0.39 is 4.92 Å². The molecule has 0 aliphatic carbocycles. The van der Waals surface area contributed by atoms with Crippen LogP contribution in [0.4, 0.5) is 16.2 Å². The average molecular weight is 469 g/mol. The molecule has 0 atom stereocenters. The van der Waals surface area contributed by atoms with Crippen LogP contribution in [0.25, 0.3) is 5.69 Å². The maximum absolute atomic E-state index is 12.9. The lowest BCUT2D eigenvalue weighted by Crippen LogP contribution is -2.51. The zero-order chi connectivity index (χ0) is 23.5. The summed E-state index contributed by atoms with van der Waals surface area (Å²) in [5, 5.41) is 18.5. The van der Waals surface area contributed by atoms with Gasteiger partial charge < -0.3 is 15.1 Å². The molecule has 1 aliphatic rings. The van der Waals surface area contributed by atoms with E-state index in [0.717, 1.165) is 5.56 Å². The largest absolute Gasteiger partial charge is 0.334 e. The summed E-state index contributed by atoms with van der Waals surface area (Å²) >= 11 is 6.11. The number of benzene rings is 2. The number of aryl methyl sites for hydroxylation is 1. The summed E-state index contributed by atoms with van der Waals surface area (Å²) in [4.78, 5) is 39.0. The Morgan fingerprint density at radius 1 is 1.03 bits per heavy atom. The number of carbonyl (C=O) groups excluding carboxylic acids is 2. The molecule has 1 aliphatic heterocycles. The lowest BCUT2D eigenvalue weighted by molar-refractivity contribution is -0.384. The second kappa shape index (κ2) is 9.29. The topological polar surface area (TPSA) is 114 Å². The van der Waals surface area contributed by atoms with Crippen LogP contribution in [0.2, 0.25) is 5.02 Å². The van der Waals surface area contributed by atoms with Crippen LogP contribution in [0.1, 0.15) is 16.1 Å². The Labute approximate surface area is 194 Å². The molecular weight excluding hydrogens is 448 g/mol. The van der Waals surface area contributed by atoms with E-state index in [1.165, 1.54) is 16.8 Å². The van der Waals surface area contributed by atoms with Crippen molar-refractivity contribution in [1.82, 2.24) is 19.6 Å². The second-order valence-corrected chi connectivity index (χ2v) is 8.00. The summed E-state index contributed by atoms with van der Waals surface area (Å²) in [7, 11) is 0. The third-order valence-electron chi connectivity index (χ3n) is 5.41. The number of non-ortho nitro benzene ring substituents is 1. The van der Waals surface area contributed by atoms with Crippen molar-refractivity contribution >= 4 is 34.9 Å². The van der Waals surface area contributed by atoms with Crippen molar-refractivity contribution in [1.29, 1.82) is 0 Å². The Morgan fingerprint density at radius 3 is 2.33 bits per heavy atom. The monoisotopic (exact) mass is 468 g/mol. The zero-order valence-electron chi connectivity index (χ0n) is 17.8. The molecule has 4 rings (SSSR count). The Kier molecular flexibility index (Phi) is 6.27. The molecule has 0 radical (unpaired) electrons. The van der Waals surface area contributed by atoms with Crippen molar-refractivity contribution in [2.75, 3.05) is 31.5 Å². The lowest BCUT2D eigenvalue weighted by atomic mass is 10.2. The molecule has 0 saturated carbocycles. The van der Waals surface area contributed by atoms with Gasteiger partial charge in [-0.2, -0.15) is 5.10 Å². The fraction of sp³-hybridized carbons (Fsp3) is 0.227. The van der Waals surface area contributed by atoms with Gasteiger partial charge in [-0.3, -0.25) is 14.9 Å². The first-order valence-electron chi connectivity index (χ1n) is 10.2. The van der Waals surface area contributed by atoms with Crippen molar-refractivity contribution in [2.24, 2.45) is 0 Å². The number of halogens is 1. The quantitative estimate of drug-likeness (QED) is 0.463. The van der Waals surface area contributed by atoms with Gasteiger partial charge in [0.05, 0.1) is 10.6 Å². The van der Waals surface area contributed by atoms with E-state index in [2.05, 4.69) is 10.4 Å². The number of aromatic nitrogens is 2. The van der Waals surface area contributed by atoms with Gasteiger partial charge in [-0.25, -0.2) is 9.48 Å². The van der Waals surface area contributed by atoms with Crippen LogP contribution in [-0.2, 0) is 0 Å². The number of nitro benzene ring substituents is 1. The maximum Gasteiger partial charge on any atom is 0.321 e. The van der Waals surface area contributed by atoms with Crippen molar-refractivity contribution in [3.8, 4) is 5.69 Å². The highest BCUT2D eigenvalue weighted by atomic mass is 35.5. The molecule has 3 aromatic rings. The molecule has 0 bridgehead atoms. The smallest absolute Gasteiger partial charge is 0.321 e. The van der Waals surface area contributed by atoms with Crippen LogP contribution in [0, 0.1) is 17.0 Å². The number of hydrogen-bond acceptors (Lipinski definition) is 5. The Balaban J connectivity index is 1.34. The first-order valence-corrected chi connectivity index (χ1v) is 10.6. The fourth-order valence-electron chi connectivity index (χ4n) is 3.46. The number of hydrogen-bond donors (Lipinski definition) is 1. The molecule has 170 valence electrons. The van der Waals surface area contributed by atoms with E-state index in [0.29, 0.717) is 42.6 Å². The van der Waals surface area contributed by atoms with Gasteiger partial charge in [0.2, 0.25) is 0 Å².